The van der Waals surface area contributed by atoms with Gasteiger partial charge in [-0.15, -0.1) is 0 Å². The minimum absolute atomic E-state index is 0.00119. The molecule has 2 aliphatic rings. The lowest BCUT2D eigenvalue weighted by atomic mass is 10.0. The summed E-state index contributed by atoms with van der Waals surface area (Å²) in [6.45, 7) is 2.00. The van der Waals surface area contributed by atoms with Crippen molar-refractivity contribution in [2.45, 2.75) is 51.5 Å². The lowest BCUT2D eigenvalue weighted by Gasteiger charge is -2.17. The van der Waals surface area contributed by atoms with Crippen molar-refractivity contribution < 1.29 is 9.59 Å². The van der Waals surface area contributed by atoms with Gasteiger partial charge in [0.1, 0.15) is 0 Å². The van der Waals surface area contributed by atoms with Gasteiger partial charge in [0.2, 0.25) is 11.8 Å². The first kappa shape index (κ1) is 15.1. The molecule has 118 valence electrons. The van der Waals surface area contributed by atoms with E-state index < -0.39 is 0 Å². The van der Waals surface area contributed by atoms with E-state index in [1.165, 1.54) is 12.8 Å². The number of amides is 2. The second kappa shape index (κ2) is 6.51. The Morgan fingerprint density at radius 1 is 0.955 bits per heavy atom. The van der Waals surface area contributed by atoms with Crippen LogP contribution in [0.5, 0.6) is 0 Å². The molecule has 0 radical (unpaired) electrons. The third-order valence-electron chi connectivity index (χ3n) is 4.71. The number of rotatable bonds is 5. The predicted octanol–water partition coefficient (Wildman–Crippen LogP) is 3.40. The fourth-order valence-electron chi connectivity index (χ4n) is 3.05. The molecular weight excluding hydrogens is 276 g/mol. The van der Waals surface area contributed by atoms with Gasteiger partial charge in [0.25, 0.3) is 0 Å². The summed E-state index contributed by atoms with van der Waals surface area (Å²) in [5, 5.41) is 6.03. The Hall–Kier alpha value is -1.84. The van der Waals surface area contributed by atoms with Crippen LogP contribution in [0.25, 0.3) is 0 Å². The van der Waals surface area contributed by atoms with Gasteiger partial charge in [-0.1, -0.05) is 25.0 Å². The van der Waals surface area contributed by atoms with E-state index >= 15 is 0 Å². The average Bonchev–Trinajstić information content (AvgIpc) is 3.22. The number of nitrogens with one attached hydrogen (secondary N) is 2. The minimum atomic E-state index is 0.00119. The lowest BCUT2D eigenvalue weighted by Crippen LogP contribution is -2.31. The normalized spacial score (nSPS) is 19.7. The van der Waals surface area contributed by atoms with Crippen molar-refractivity contribution in [2.24, 2.45) is 11.8 Å². The van der Waals surface area contributed by atoms with E-state index in [4.69, 9.17) is 0 Å². The number of hydrogen-bond donors (Lipinski definition) is 2. The number of anilines is 1. The second-order valence-electron chi connectivity index (χ2n) is 6.60. The van der Waals surface area contributed by atoms with Crippen molar-refractivity contribution in [1.29, 1.82) is 0 Å². The molecule has 0 aliphatic heterocycles. The monoisotopic (exact) mass is 300 g/mol. The molecule has 4 nitrogen and oxygen atoms in total. The van der Waals surface area contributed by atoms with Crippen LogP contribution in [0.4, 0.5) is 5.69 Å². The van der Waals surface area contributed by atoms with Crippen LogP contribution in [0.3, 0.4) is 0 Å². The van der Waals surface area contributed by atoms with Crippen LogP contribution in [0, 0.1) is 11.8 Å². The minimum Gasteiger partial charge on any atom is -0.349 e. The number of benzene rings is 1. The third kappa shape index (κ3) is 3.67. The fraction of sp³-hybridized carbons (Fsp3) is 0.556. The molecule has 0 heterocycles. The molecule has 0 aromatic heterocycles. The first-order valence-corrected chi connectivity index (χ1v) is 8.34. The molecule has 3 rings (SSSR count). The molecule has 0 saturated heterocycles. The Bertz CT molecular complexity index is 543. The van der Waals surface area contributed by atoms with E-state index in [1.807, 2.05) is 31.2 Å². The Morgan fingerprint density at radius 3 is 2.14 bits per heavy atom. The predicted molar refractivity (Wildman–Crippen MR) is 86.3 cm³/mol. The molecule has 0 bridgehead atoms. The van der Waals surface area contributed by atoms with E-state index in [9.17, 15) is 9.59 Å². The zero-order valence-corrected chi connectivity index (χ0v) is 13.1. The summed E-state index contributed by atoms with van der Waals surface area (Å²) in [5.41, 5.74) is 1.89. The summed E-state index contributed by atoms with van der Waals surface area (Å²) >= 11 is 0. The molecule has 4 heteroatoms. The number of hydrogen-bond acceptors (Lipinski definition) is 2. The zero-order chi connectivity index (χ0) is 15.5. The van der Waals surface area contributed by atoms with E-state index in [1.54, 1.807) is 0 Å². The van der Waals surface area contributed by atoms with Crippen LogP contribution in [-0.4, -0.2) is 11.8 Å². The van der Waals surface area contributed by atoms with Gasteiger partial charge in [0, 0.05) is 17.5 Å². The molecule has 22 heavy (non-hydrogen) atoms. The van der Waals surface area contributed by atoms with Crippen LogP contribution in [0.15, 0.2) is 24.3 Å². The van der Waals surface area contributed by atoms with Gasteiger partial charge in [0.05, 0.1) is 6.04 Å². The lowest BCUT2D eigenvalue weighted by molar-refractivity contribution is -0.125. The molecule has 1 atom stereocenters. The number of carbonyl (C=O) groups excluding carboxylic acids is 2. The highest BCUT2D eigenvalue weighted by Gasteiger charge is 2.29. The van der Waals surface area contributed by atoms with Gasteiger partial charge in [-0.25, -0.2) is 0 Å². The third-order valence-corrected chi connectivity index (χ3v) is 4.71. The van der Waals surface area contributed by atoms with Crippen LogP contribution in [0.2, 0.25) is 0 Å². The van der Waals surface area contributed by atoms with Crippen LogP contribution < -0.4 is 10.6 Å². The topological polar surface area (TPSA) is 58.2 Å². The molecule has 2 N–H and O–H groups in total. The summed E-state index contributed by atoms with van der Waals surface area (Å²) in [5.74, 6) is 0.704. The van der Waals surface area contributed by atoms with Gasteiger partial charge in [0.15, 0.2) is 0 Å². The highest BCUT2D eigenvalue weighted by Crippen LogP contribution is 2.30. The van der Waals surface area contributed by atoms with Crippen molar-refractivity contribution in [1.82, 2.24) is 5.32 Å². The quantitative estimate of drug-likeness (QED) is 0.875. The molecule has 1 aromatic carbocycles. The molecule has 2 amide bonds. The van der Waals surface area contributed by atoms with Gasteiger partial charge in [-0.3, -0.25) is 9.59 Å². The summed E-state index contributed by atoms with van der Waals surface area (Å²) in [6, 6.07) is 7.77. The van der Waals surface area contributed by atoms with Crippen molar-refractivity contribution in [3.05, 3.63) is 29.8 Å². The number of carbonyl (C=O) groups is 2. The maximum atomic E-state index is 12.2. The van der Waals surface area contributed by atoms with E-state index in [0.29, 0.717) is 0 Å². The Labute approximate surface area is 131 Å². The highest BCUT2D eigenvalue weighted by molar-refractivity contribution is 5.94. The Morgan fingerprint density at radius 2 is 1.55 bits per heavy atom. The van der Waals surface area contributed by atoms with Crippen LogP contribution in [-0.2, 0) is 9.59 Å². The van der Waals surface area contributed by atoms with Crippen molar-refractivity contribution in [3.63, 3.8) is 0 Å². The highest BCUT2D eigenvalue weighted by atomic mass is 16.2. The van der Waals surface area contributed by atoms with Gasteiger partial charge in [-0.05, 0) is 50.3 Å². The standard InChI is InChI=1S/C18H24N2O2/c1-12(19-17(21)14-4-2-3-5-14)13-8-10-16(11-9-13)20-18(22)15-6-7-15/h8-12,14-15H,2-7H2,1H3,(H,19,21)(H,20,22)/t12-/m0/s1. The maximum absolute atomic E-state index is 12.2. The first-order valence-electron chi connectivity index (χ1n) is 8.34. The zero-order valence-electron chi connectivity index (χ0n) is 13.1. The molecule has 2 saturated carbocycles. The Kier molecular flexibility index (Phi) is 4.46. The summed E-state index contributed by atoms with van der Waals surface area (Å²) in [7, 11) is 0. The smallest absolute Gasteiger partial charge is 0.227 e. The maximum Gasteiger partial charge on any atom is 0.227 e. The van der Waals surface area contributed by atoms with Crippen molar-refractivity contribution in [2.75, 3.05) is 5.32 Å². The van der Waals surface area contributed by atoms with E-state index in [0.717, 1.165) is 36.9 Å². The van der Waals surface area contributed by atoms with Crippen molar-refractivity contribution in [3.8, 4) is 0 Å². The summed E-state index contributed by atoms with van der Waals surface area (Å²) in [6.07, 6.45) is 6.39. The van der Waals surface area contributed by atoms with Crippen LogP contribution >= 0.6 is 0 Å². The van der Waals surface area contributed by atoms with Gasteiger partial charge in [-0.2, -0.15) is 0 Å². The second-order valence-corrected chi connectivity index (χ2v) is 6.60. The first-order chi connectivity index (χ1) is 10.6. The largest absolute Gasteiger partial charge is 0.349 e. The molecule has 0 unspecified atom stereocenters. The van der Waals surface area contributed by atoms with Gasteiger partial charge >= 0.3 is 0 Å². The van der Waals surface area contributed by atoms with E-state index in [-0.39, 0.29) is 29.7 Å². The fourth-order valence-corrected chi connectivity index (χ4v) is 3.05. The Balaban J connectivity index is 1.54. The molecule has 2 fully saturated rings. The van der Waals surface area contributed by atoms with Crippen molar-refractivity contribution >= 4 is 17.5 Å². The molecular formula is C18H24N2O2. The average molecular weight is 300 g/mol. The summed E-state index contributed by atoms with van der Waals surface area (Å²) in [4.78, 5) is 23.9. The SMILES string of the molecule is C[C@H](NC(=O)C1CCCC1)c1ccc(NC(=O)C2CC2)cc1. The van der Waals surface area contributed by atoms with E-state index in [2.05, 4.69) is 10.6 Å². The molecule has 1 aromatic rings. The molecule has 0 spiro atoms. The van der Waals surface area contributed by atoms with Crippen LogP contribution in [0.1, 0.15) is 57.1 Å². The van der Waals surface area contributed by atoms with Gasteiger partial charge < -0.3 is 10.6 Å². The molecule has 2 aliphatic carbocycles. The summed E-state index contributed by atoms with van der Waals surface area (Å²) < 4.78 is 0.